The first kappa shape index (κ1) is 20.7. The van der Waals surface area contributed by atoms with E-state index >= 15 is 0 Å². The van der Waals surface area contributed by atoms with Crippen LogP contribution in [0.5, 0.6) is 17.4 Å². The van der Waals surface area contributed by atoms with E-state index in [1.807, 2.05) is 31.2 Å². The van der Waals surface area contributed by atoms with Gasteiger partial charge in [0.2, 0.25) is 0 Å². The van der Waals surface area contributed by atoms with Crippen LogP contribution in [-0.4, -0.2) is 35.6 Å². The maximum absolute atomic E-state index is 12.5. The number of ether oxygens (including phenoxy) is 2. The minimum absolute atomic E-state index is 0.191. The predicted molar refractivity (Wildman–Crippen MR) is 120 cm³/mol. The van der Waals surface area contributed by atoms with E-state index in [4.69, 9.17) is 9.47 Å². The molecule has 160 valence electrons. The van der Waals surface area contributed by atoms with E-state index in [1.165, 1.54) is 6.42 Å². The number of rotatable bonds is 7. The van der Waals surface area contributed by atoms with Crippen LogP contribution in [0.4, 0.5) is 11.5 Å². The molecule has 1 fully saturated rings. The number of hydrogen-bond donors (Lipinski definition) is 1. The van der Waals surface area contributed by atoms with Gasteiger partial charge in [-0.2, -0.15) is 0 Å². The standard InChI is InChI=1S/C24H26N4O3/c1-2-30-20-12-8-19(9-13-20)27-23(29)18-6-10-21(11-7-18)31-24-22(25-14-15-26-24)28-16-4-3-5-17-28/h6-15H,2-5,16-17H2,1H3,(H,27,29). The lowest BCUT2D eigenvalue weighted by molar-refractivity contribution is 0.102. The molecule has 1 amide bonds. The number of nitrogens with one attached hydrogen (secondary N) is 1. The van der Waals surface area contributed by atoms with Crippen LogP contribution in [0.2, 0.25) is 0 Å². The van der Waals surface area contributed by atoms with Gasteiger partial charge in [0.1, 0.15) is 11.5 Å². The predicted octanol–water partition coefficient (Wildman–Crippen LogP) is 4.91. The summed E-state index contributed by atoms with van der Waals surface area (Å²) in [5.74, 6) is 2.44. The van der Waals surface area contributed by atoms with Gasteiger partial charge in [0.05, 0.1) is 6.61 Å². The normalized spacial score (nSPS) is 13.5. The van der Waals surface area contributed by atoms with Crippen molar-refractivity contribution in [3.63, 3.8) is 0 Å². The largest absolute Gasteiger partial charge is 0.494 e. The van der Waals surface area contributed by atoms with Gasteiger partial charge in [-0.15, -0.1) is 0 Å². The monoisotopic (exact) mass is 418 g/mol. The molecule has 31 heavy (non-hydrogen) atoms. The molecule has 3 aromatic rings. The summed E-state index contributed by atoms with van der Waals surface area (Å²) in [7, 11) is 0. The Hall–Kier alpha value is -3.61. The van der Waals surface area contributed by atoms with Crippen molar-refractivity contribution in [2.24, 2.45) is 0 Å². The summed E-state index contributed by atoms with van der Waals surface area (Å²) in [6.45, 7) is 4.45. The van der Waals surface area contributed by atoms with Crippen molar-refractivity contribution in [1.29, 1.82) is 0 Å². The molecule has 1 N–H and O–H groups in total. The Morgan fingerprint density at radius 3 is 2.32 bits per heavy atom. The molecular weight excluding hydrogens is 392 g/mol. The van der Waals surface area contributed by atoms with Crippen molar-refractivity contribution < 1.29 is 14.3 Å². The SMILES string of the molecule is CCOc1ccc(NC(=O)c2ccc(Oc3nccnc3N3CCCCC3)cc2)cc1. The Labute approximate surface area is 182 Å². The Morgan fingerprint density at radius 2 is 1.61 bits per heavy atom. The molecule has 0 saturated carbocycles. The van der Waals surface area contributed by atoms with Gasteiger partial charge in [-0.1, -0.05) is 0 Å². The first-order chi connectivity index (χ1) is 15.2. The molecule has 1 saturated heterocycles. The van der Waals surface area contributed by atoms with Gasteiger partial charge in [0.25, 0.3) is 11.8 Å². The van der Waals surface area contributed by atoms with Crippen molar-refractivity contribution in [2.75, 3.05) is 29.9 Å². The fraction of sp³-hybridized carbons (Fsp3) is 0.292. The first-order valence-electron chi connectivity index (χ1n) is 10.6. The van der Waals surface area contributed by atoms with Gasteiger partial charge < -0.3 is 19.7 Å². The van der Waals surface area contributed by atoms with Crippen molar-refractivity contribution in [3.8, 4) is 17.4 Å². The number of amides is 1. The summed E-state index contributed by atoms with van der Waals surface area (Å²) >= 11 is 0. The molecule has 0 atom stereocenters. The van der Waals surface area contributed by atoms with E-state index in [1.54, 1.807) is 36.7 Å². The van der Waals surface area contributed by atoms with Gasteiger partial charge in [0, 0.05) is 36.7 Å². The molecule has 0 spiro atoms. The van der Waals surface area contributed by atoms with Gasteiger partial charge in [0.15, 0.2) is 5.82 Å². The molecule has 0 bridgehead atoms. The Bertz CT molecular complexity index is 1000. The summed E-state index contributed by atoms with van der Waals surface area (Å²) in [5.41, 5.74) is 1.25. The number of benzene rings is 2. The summed E-state index contributed by atoms with van der Waals surface area (Å²) < 4.78 is 11.4. The molecule has 0 radical (unpaired) electrons. The van der Waals surface area contributed by atoms with E-state index in [2.05, 4.69) is 20.2 Å². The molecule has 0 unspecified atom stereocenters. The number of carbonyl (C=O) groups excluding carboxylic acids is 1. The van der Waals surface area contributed by atoms with Crippen LogP contribution in [0.25, 0.3) is 0 Å². The van der Waals surface area contributed by atoms with Crippen LogP contribution < -0.4 is 19.7 Å². The summed E-state index contributed by atoms with van der Waals surface area (Å²) in [5, 5.41) is 2.88. The van der Waals surface area contributed by atoms with Crippen LogP contribution in [0, 0.1) is 0 Å². The highest BCUT2D eigenvalue weighted by Crippen LogP contribution is 2.30. The highest BCUT2D eigenvalue weighted by atomic mass is 16.5. The maximum Gasteiger partial charge on any atom is 0.263 e. The quantitative estimate of drug-likeness (QED) is 0.587. The van der Waals surface area contributed by atoms with Gasteiger partial charge in [-0.25, -0.2) is 9.97 Å². The smallest absolute Gasteiger partial charge is 0.263 e. The second-order valence-electron chi connectivity index (χ2n) is 7.27. The molecule has 1 aliphatic rings. The van der Waals surface area contributed by atoms with Crippen molar-refractivity contribution >= 4 is 17.4 Å². The van der Waals surface area contributed by atoms with Gasteiger partial charge >= 0.3 is 0 Å². The van der Waals surface area contributed by atoms with Gasteiger partial charge in [-0.05, 0) is 74.7 Å². The first-order valence-corrected chi connectivity index (χ1v) is 10.6. The van der Waals surface area contributed by atoms with E-state index in [0.29, 0.717) is 29.5 Å². The van der Waals surface area contributed by atoms with Crippen LogP contribution in [0.3, 0.4) is 0 Å². The van der Waals surface area contributed by atoms with Gasteiger partial charge in [-0.3, -0.25) is 4.79 Å². The molecule has 0 aliphatic carbocycles. The molecular formula is C24H26N4O3. The zero-order chi connectivity index (χ0) is 21.5. The highest BCUT2D eigenvalue weighted by molar-refractivity contribution is 6.04. The summed E-state index contributed by atoms with van der Waals surface area (Å²) in [6.07, 6.45) is 6.85. The lowest BCUT2D eigenvalue weighted by Crippen LogP contribution is -2.30. The van der Waals surface area contributed by atoms with E-state index < -0.39 is 0 Å². The number of piperidine rings is 1. The Balaban J connectivity index is 1.41. The molecule has 7 nitrogen and oxygen atoms in total. The number of carbonyl (C=O) groups is 1. The lowest BCUT2D eigenvalue weighted by atomic mass is 10.1. The Kier molecular flexibility index (Phi) is 6.62. The third-order valence-electron chi connectivity index (χ3n) is 5.06. The van der Waals surface area contributed by atoms with E-state index in [9.17, 15) is 4.79 Å². The third-order valence-corrected chi connectivity index (χ3v) is 5.06. The number of nitrogens with zero attached hydrogens (tertiary/aromatic N) is 3. The molecule has 2 heterocycles. The van der Waals surface area contributed by atoms with Crippen LogP contribution in [0.1, 0.15) is 36.5 Å². The number of hydrogen-bond acceptors (Lipinski definition) is 6. The second kappa shape index (κ2) is 9.93. The molecule has 1 aromatic heterocycles. The second-order valence-corrected chi connectivity index (χ2v) is 7.27. The fourth-order valence-electron chi connectivity index (χ4n) is 3.50. The van der Waals surface area contributed by atoms with Crippen molar-refractivity contribution in [1.82, 2.24) is 9.97 Å². The fourth-order valence-corrected chi connectivity index (χ4v) is 3.50. The summed E-state index contributed by atoms with van der Waals surface area (Å²) in [6, 6.07) is 14.3. The minimum atomic E-state index is -0.191. The molecule has 4 rings (SSSR count). The lowest BCUT2D eigenvalue weighted by Gasteiger charge is -2.28. The highest BCUT2D eigenvalue weighted by Gasteiger charge is 2.18. The average Bonchev–Trinajstić information content (AvgIpc) is 2.82. The van der Waals surface area contributed by atoms with Crippen LogP contribution >= 0.6 is 0 Å². The average molecular weight is 418 g/mol. The van der Waals surface area contributed by atoms with Crippen LogP contribution in [0.15, 0.2) is 60.9 Å². The van der Waals surface area contributed by atoms with E-state index in [0.717, 1.165) is 37.5 Å². The topological polar surface area (TPSA) is 76.6 Å². The van der Waals surface area contributed by atoms with Crippen LogP contribution in [-0.2, 0) is 0 Å². The van der Waals surface area contributed by atoms with Crippen molar-refractivity contribution in [3.05, 3.63) is 66.5 Å². The summed E-state index contributed by atoms with van der Waals surface area (Å²) in [4.78, 5) is 23.6. The minimum Gasteiger partial charge on any atom is -0.494 e. The number of aromatic nitrogens is 2. The Morgan fingerprint density at radius 1 is 0.935 bits per heavy atom. The maximum atomic E-state index is 12.5. The van der Waals surface area contributed by atoms with Crippen molar-refractivity contribution in [2.45, 2.75) is 26.2 Å². The molecule has 1 aliphatic heterocycles. The van der Waals surface area contributed by atoms with E-state index in [-0.39, 0.29) is 5.91 Å². The molecule has 2 aromatic carbocycles. The third kappa shape index (κ3) is 5.31. The zero-order valence-electron chi connectivity index (χ0n) is 17.6. The number of anilines is 2. The molecule has 7 heteroatoms. The zero-order valence-corrected chi connectivity index (χ0v) is 17.6.